The van der Waals surface area contributed by atoms with Gasteiger partial charge in [-0.15, -0.1) is 0 Å². The van der Waals surface area contributed by atoms with Crippen molar-refractivity contribution in [2.24, 2.45) is 0 Å². The summed E-state index contributed by atoms with van der Waals surface area (Å²) in [5.41, 5.74) is 0. The third-order valence-corrected chi connectivity index (χ3v) is 4.26. The first kappa shape index (κ1) is 50.1. The molecule has 24 heteroatoms. The van der Waals surface area contributed by atoms with E-state index in [2.05, 4.69) is 18.3 Å². The van der Waals surface area contributed by atoms with Crippen molar-refractivity contribution in [1.29, 1.82) is 0 Å². The van der Waals surface area contributed by atoms with Crippen LogP contribution in [-0.2, 0) is 36.7 Å². The molecule has 0 saturated carbocycles. The molecule has 0 unspecified atom stereocenters. The Morgan fingerprint density at radius 1 is 0.710 bits per heavy atom. The molecule has 15 nitrogen and oxygen atoms in total. The molecule has 1 aliphatic rings. The zero-order chi connectivity index (χ0) is 19.6. The maximum atomic E-state index is 10.9. The Hall–Kier alpha value is 6.21. The second kappa shape index (κ2) is 22.0. The van der Waals surface area contributed by atoms with Crippen LogP contribution in [0.1, 0.15) is 0 Å². The third kappa shape index (κ3) is 20.7. The molecular formula is C7H11Na6O15P3. The van der Waals surface area contributed by atoms with Gasteiger partial charge in [-0.2, -0.15) is 0 Å². The first-order chi connectivity index (χ1) is 11.2. The second-order valence-corrected chi connectivity index (χ2v) is 7.83. The fraction of sp³-hybridized carbons (Fsp3) is 1.00. The summed E-state index contributed by atoms with van der Waals surface area (Å²) in [5.74, 6) is 0. The molecule has 1 rings (SSSR count). The molecule has 0 aromatic heterocycles. The number of phosphoric acid groups is 3. The Morgan fingerprint density at radius 2 is 1.03 bits per heavy atom. The van der Waals surface area contributed by atoms with Crippen molar-refractivity contribution in [2.45, 2.75) is 30.7 Å². The number of phosphoric ester groups is 3. The van der Waals surface area contributed by atoms with Crippen LogP contribution in [0.2, 0.25) is 0 Å². The van der Waals surface area contributed by atoms with E-state index >= 15 is 0 Å². The van der Waals surface area contributed by atoms with Crippen LogP contribution in [0, 0.1) is 0 Å². The molecule has 0 amide bonds. The van der Waals surface area contributed by atoms with Gasteiger partial charge in [-0.05, 0) is 0 Å². The minimum absolute atomic E-state index is 0. The van der Waals surface area contributed by atoms with Gasteiger partial charge in [0.15, 0.2) is 6.29 Å². The summed E-state index contributed by atoms with van der Waals surface area (Å²) < 4.78 is 53.9. The van der Waals surface area contributed by atoms with E-state index in [1.165, 1.54) is 0 Å². The SMILES string of the molecule is CO[C@@H]1O[C@H](CO)[C@H](OP(=O)([O-])[O-])[C@H](OP(=O)([O-])[O-])[C@H]1OP(=O)([O-])[O-].[Na+].[Na+].[Na+].[Na+].[Na+].[Na+]. The molecule has 0 radical (unpaired) electrons. The van der Waals surface area contributed by atoms with Gasteiger partial charge in [-0.1, -0.05) is 0 Å². The Bertz CT molecular complexity index is 560. The van der Waals surface area contributed by atoms with E-state index in [0.29, 0.717) is 0 Å². The Balaban J connectivity index is -0.000000260. The van der Waals surface area contributed by atoms with Gasteiger partial charge in [-0.3, -0.25) is 0 Å². The number of hydrogen-bond acceptors (Lipinski definition) is 15. The molecule has 1 fully saturated rings. The van der Waals surface area contributed by atoms with Gasteiger partial charge in [0.05, 0.1) is 30.1 Å². The van der Waals surface area contributed by atoms with Crippen LogP contribution in [0.15, 0.2) is 0 Å². The average molecular weight is 566 g/mol. The quantitative estimate of drug-likeness (QED) is 0.211. The van der Waals surface area contributed by atoms with Crippen molar-refractivity contribution in [1.82, 2.24) is 0 Å². The van der Waals surface area contributed by atoms with Crippen LogP contribution in [-0.4, -0.2) is 49.5 Å². The van der Waals surface area contributed by atoms with Crippen LogP contribution in [0.25, 0.3) is 0 Å². The molecule has 0 aromatic rings. The Kier molecular flexibility index (Phi) is 35.5. The summed E-state index contributed by atoms with van der Waals surface area (Å²) in [7, 11) is -16.8. The molecule has 0 bridgehead atoms. The van der Waals surface area contributed by atoms with Crippen LogP contribution in [0.5, 0.6) is 0 Å². The molecule has 1 heterocycles. The monoisotopic (exact) mass is 566 g/mol. The number of ether oxygens (including phenoxy) is 2. The normalized spacial score (nSPS) is 25.7. The van der Waals surface area contributed by atoms with Crippen molar-refractivity contribution in [3.05, 3.63) is 0 Å². The maximum Gasteiger partial charge on any atom is 1.00 e. The predicted octanol–water partition coefficient (Wildman–Crippen LogP) is -24.0. The molecular weight excluding hydrogens is 555 g/mol. The number of aliphatic hydroxyl groups excluding tert-OH is 1. The molecule has 31 heavy (non-hydrogen) atoms. The molecule has 5 atom stereocenters. The van der Waals surface area contributed by atoms with E-state index in [0.717, 1.165) is 7.11 Å². The van der Waals surface area contributed by atoms with Crippen molar-refractivity contribution in [2.75, 3.05) is 13.7 Å². The summed E-state index contributed by atoms with van der Waals surface area (Å²) in [5, 5.41) is 9.15. The minimum Gasteiger partial charge on any atom is -0.790 e. The third-order valence-electron chi connectivity index (χ3n) is 2.76. The predicted molar refractivity (Wildman–Crippen MR) is 60.2 cm³/mol. The van der Waals surface area contributed by atoms with Gasteiger partial charge in [0.1, 0.15) is 24.4 Å². The van der Waals surface area contributed by atoms with Gasteiger partial charge in [0, 0.05) is 7.11 Å². The van der Waals surface area contributed by atoms with Crippen LogP contribution in [0.4, 0.5) is 0 Å². The fourth-order valence-corrected chi connectivity index (χ4v) is 3.63. The molecule has 0 spiro atoms. The van der Waals surface area contributed by atoms with Gasteiger partial charge in [0.2, 0.25) is 0 Å². The largest absolute Gasteiger partial charge is 1.00 e. The zero-order valence-electron chi connectivity index (χ0n) is 18.1. The maximum absolute atomic E-state index is 10.9. The Labute approximate surface area is 310 Å². The van der Waals surface area contributed by atoms with Crippen LogP contribution >= 0.6 is 23.5 Å². The van der Waals surface area contributed by atoms with Gasteiger partial charge in [0.25, 0.3) is 0 Å². The summed E-state index contributed by atoms with van der Waals surface area (Å²) in [6.07, 6.45) is -10.9. The summed E-state index contributed by atoms with van der Waals surface area (Å²) in [6.45, 7) is -1.11. The van der Waals surface area contributed by atoms with Crippen molar-refractivity contribution >= 4 is 23.5 Å². The zero-order valence-corrected chi connectivity index (χ0v) is 32.8. The van der Waals surface area contributed by atoms with E-state index < -0.39 is 60.8 Å². The van der Waals surface area contributed by atoms with E-state index in [1.807, 2.05) is 0 Å². The minimum atomic E-state index is -5.95. The number of methoxy groups -OCH3 is 1. The van der Waals surface area contributed by atoms with Crippen LogP contribution in [0.3, 0.4) is 0 Å². The number of rotatable bonds is 8. The van der Waals surface area contributed by atoms with E-state index in [-0.39, 0.29) is 177 Å². The van der Waals surface area contributed by atoms with Crippen molar-refractivity contribution < 1.29 is 249 Å². The topological polar surface area (TPSA) is 256 Å². The second-order valence-electron chi connectivity index (χ2n) is 4.51. The summed E-state index contributed by atoms with van der Waals surface area (Å²) in [4.78, 5) is 64.9. The van der Waals surface area contributed by atoms with E-state index in [4.69, 9.17) is 9.84 Å². The van der Waals surface area contributed by atoms with Gasteiger partial charge in [-0.25, -0.2) is 0 Å². The van der Waals surface area contributed by atoms with Crippen LogP contribution < -0.4 is 207 Å². The summed E-state index contributed by atoms with van der Waals surface area (Å²) in [6, 6.07) is 0. The number of hydrogen-bond donors (Lipinski definition) is 1. The standard InChI is InChI=1S/C7H17O15P3.6Na/c1-18-7-6(22-25(15,16)17)5(21-24(12,13)14)4(3(2-8)19-7)20-23(9,10)11;;;;;;/h3-8H,2H2,1H3,(H2,9,10,11)(H2,12,13,14)(H2,15,16,17);;;;;;/q;6*+1/p-6/t3-,4+,5+,6-,7-;;;;;;/m1....../s1. The first-order valence-corrected chi connectivity index (χ1v) is 10.5. The van der Waals surface area contributed by atoms with Crippen molar-refractivity contribution in [3.8, 4) is 0 Å². The van der Waals surface area contributed by atoms with Crippen molar-refractivity contribution in [3.63, 3.8) is 0 Å². The van der Waals surface area contributed by atoms with Gasteiger partial charge >= 0.3 is 177 Å². The molecule has 1 N–H and O–H groups in total. The van der Waals surface area contributed by atoms with E-state index in [9.17, 15) is 43.1 Å². The summed E-state index contributed by atoms with van der Waals surface area (Å²) >= 11 is 0. The molecule has 150 valence electrons. The fourth-order valence-electron chi connectivity index (χ4n) is 2.02. The smallest absolute Gasteiger partial charge is 0.790 e. The molecule has 0 aromatic carbocycles. The number of aliphatic hydroxyl groups is 1. The molecule has 1 saturated heterocycles. The molecule has 1 aliphatic heterocycles. The first-order valence-electron chi connectivity index (χ1n) is 6.07. The molecule has 0 aliphatic carbocycles. The van der Waals surface area contributed by atoms with Gasteiger partial charge < -0.3 is 71.2 Å². The van der Waals surface area contributed by atoms with E-state index in [1.54, 1.807) is 0 Å². The average Bonchev–Trinajstić information content (AvgIpc) is 2.38. The Morgan fingerprint density at radius 3 is 1.32 bits per heavy atom.